The lowest BCUT2D eigenvalue weighted by molar-refractivity contribution is 0.0984. The highest BCUT2D eigenvalue weighted by Gasteiger charge is 2.85. The molecule has 0 aromatic carbocycles. The molecule has 8 rings (SSSR count). The van der Waals surface area contributed by atoms with Gasteiger partial charge in [0.15, 0.2) is 5.82 Å². The van der Waals surface area contributed by atoms with Gasteiger partial charge < -0.3 is 15.0 Å². The van der Waals surface area contributed by atoms with Crippen LogP contribution in [0.4, 0.5) is 11.6 Å². The Morgan fingerprint density at radius 2 is 1.83 bits per heavy atom. The van der Waals surface area contributed by atoms with E-state index in [1.807, 2.05) is 42.6 Å². The van der Waals surface area contributed by atoms with Crippen molar-refractivity contribution in [1.29, 1.82) is 0 Å². The van der Waals surface area contributed by atoms with Gasteiger partial charge in [0.25, 0.3) is 5.91 Å². The fraction of sp³-hybridized carbons (Fsp3) is 0.622. The second-order valence-electron chi connectivity index (χ2n) is 16.8. The molecule has 4 fully saturated rings. The average Bonchev–Trinajstić information content (AvgIpc) is 3.97. The molecular formula is C37H49N7O2S. The molecule has 2 spiro atoms. The molecular weight excluding hydrogens is 607 g/mol. The summed E-state index contributed by atoms with van der Waals surface area (Å²) in [4.78, 5) is 26.1. The molecule has 0 radical (unpaired) electrons. The highest BCUT2D eigenvalue weighted by atomic mass is 32.2. The average molecular weight is 656 g/mol. The molecule has 2 N–H and O–H groups in total. The van der Waals surface area contributed by atoms with Crippen molar-refractivity contribution >= 4 is 29.5 Å². The van der Waals surface area contributed by atoms with Crippen LogP contribution in [-0.2, 0) is 0 Å². The molecule has 3 aromatic heterocycles. The summed E-state index contributed by atoms with van der Waals surface area (Å²) in [7, 11) is 0. The number of pyridine rings is 2. The number of rotatable bonds is 6. The van der Waals surface area contributed by atoms with Crippen molar-refractivity contribution < 1.29 is 9.53 Å². The summed E-state index contributed by atoms with van der Waals surface area (Å²) < 4.78 is 11.0. The van der Waals surface area contributed by atoms with Crippen LogP contribution in [-0.4, -0.2) is 50.9 Å². The van der Waals surface area contributed by atoms with E-state index in [-0.39, 0.29) is 16.9 Å². The first-order valence-electron chi connectivity index (χ1n) is 17.6. The van der Waals surface area contributed by atoms with Crippen LogP contribution in [0.5, 0.6) is 5.88 Å². The maximum absolute atomic E-state index is 13.8. The molecule has 3 saturated carbocycles. The van der Waals surface area contributed by atoms with Crippen molar-refractivity contribution in [1.82, 2.24) is 24.5 Å². The molecule has 2 aliphatic heterocycles. The minimum Gasteiger partial charge on any atom is -0.477 e. The van der Waals surface area contributed by atoms with Crippen molar-refractivity contribution in [3.8, 4) is 11.7 Å². The van der Waals surface area contributed by atoms with Crippen LogP contribution in [0.1, 0.15) is 96.3 Å². The standard InChI is InChI=1S/C37H49N7O2S/c1-34(2,3)20-24-19-25-21-35(4,5)43(23-25)32-26(33(45)42-47-31-8-6-7-28(39-31)38-22-24)9-10-29(40-32)44-17-11-30(41-44)46-18-12-27-36(13-14-36)37(27)15-16-37/h6-11,17,24-25,27H,12-16,18-23H2,1-5H3,(H,38,39)(H,42,45). The van der Waals surface area contributed by atoms with Gasteiger partial charge in [0.2, 0.25) is 5.88 Å². The first kappa shape index (κ1) is 31.0. The Balaban J connectivity index is 1.06. The lowest BCUT2D eigenvalue weighted by Crippen LogP contribution is -2.40. The van der Waals surface area contributed by atoms with E-state index in [0.29, 0.717) is 52.4 Å². The van der Waals surface area contributed by atoms with Crippen LogP contribution >= 0.6 is 11.9 Å². The second-order valence-corrected chi connectivity index (χ2v) is 17.6. The Labute approximate surface area is 283 Å². The van der Waals surface area contributed by atoms with E-state index in [0.717, 1.165) is 55.5 Å². The van der Waals surface area contributed by atoms with Crippen molar-refractivity contribution in [2.75, 3.05) is 29.9 Å². The number of carbonyl (C=O) groups excluding carboxylic acids is 1. The van der Waals surface area contributed by atoms with Crippen molar-refractivity contribution in [2.24, 2.45) is 34.0 Å². The van der Waals surface area contributed by atoms with Gasteiger partial charge in [0, 0.05) is 42.8 Å². The Bertz CT molecular complexity index is 1650. The summed E-state index contributed by atoms with van der Waals surface area (Å²) in [6.45, 7) is 14.0. The first-order chi connectivity index (χ1) is 22.4. The zero-order valence-electron chi connectivity index (χ0n) is 28.5. The summed E-state index contributed by atoms with van der Waals surface area (Å²) in [5, 5.41) is 9.11. The van der Waals surface area contributed by atoms with Gasteiger partial charge in [0.1, 0.15) is 16.7 Å². The number of nitrogens with zero attached hydrogens (tertiary/aromatic N) is 5. The number of amides is 1. The van der Waals surface area contributed by atoms with Gasteiger partial charge in [-0.25, -0.2) is 14.6 Å². The minimum atomic E-state index is -0.185. The lowest BCUT2D eigenvalue weighted by atomic mass is 9.79. The zero-order valence-corrected chi connectivity index (χ0v) is 29.3. The van der Waals surface area contributed by atoms with E-state index in [9.17, 15) is 4.79 Å². The third-order valence-corrected chi connectivity index (χ3v) is 12.4. The van der Waals surface area contributed by atoms with Gasteiger partial charge >= 0.3 is 0 Å². The zero-order chi connectivity index (χ0) is 32.6. The number of hydrogen-bond acceptors (Lipinski definition) is 8. The maximum Gasteiger partial charge on any atom is 0.265 e. The van der Waals surface area contributed by atoms with Crippen LogP contribution in [0.3, 0.4) is 0 Å². The molecule has 4 bridgehead atoms. The SMILES string of the molecule is CC(C)(C)CC1CNc2cccc(n2)SNC(=O)c2ccc(-n3ccc(OCCC4C5(CC5)C45CC5)n3)nc2N2CC(C1)CC2(C)C. The highest BCUT2D eigenvalue weighted by Crippen LogP contribution is 2.93. The molecule has 5 aliphatic rings. The summed E-state index contributed by atoms with van der Waals surface area (Å²) in [5.41, 5.74) is 2.01. The summed E-state index contributed by atoms with van der Waals surface area (Å²) >= 11 is 1.24. The van der Waals surface area contributed by atoms with Crippen molar-refractivity contribution in [2.45, 2.75) is 96.6 Å². The Kier molecular flexibility index (Phi) is 7.35. The topological polar surface area (TPSA) is 97.2 Å². The molecule has 9 nitrogen and oxygen atoms in total. The van der Waals surface area contributed by atoms with E-state index < -0.39 is 0 Å². The van der Waals surface area contributed by atoms with E-state index in [4.69, 9.17) is 19.8 Å². The normalized spacial score (nSPS) is 25.4. The molecule has 1 amide bonds. The number of fused-ring (bicyclic) bond motifs is 7. The van der Waals surface area contributed by atoms with Crippen LogP contribution in [0.25, 0.3) is 5.82 Å². The van der Waals surface area contributed by atoms with E-state index in [1.54, 1.807) is 4.68 Å². The second kappa shape index (κ2) is 11.1. The number of hydrogen-bond donors (Lipinski definition) is 2. The molecule has 5 heterocycles. The van der Waals surface area contributed by atoms with Crippen LogP contribution in [0.15, 0.2) is 47.6 Å². The molecule has 10 heteroatoms. The van der Waals surface area contributed by atoms with Gasteiger partial charge in [-0.3, -0.25) is 9.52 Å². The number of ether oxygens (including phenoxy) is 1. The molecule has 3 aromatic rings. The van der Waals surface area contributed by atoms with Gasteiger partial charge in [-0.15, -0.1) is 5.10 Å². The van der Waals surface area contributed by atoms with Gasteiger partial charge in [-0.05, 0) is 123 Å². The smallest absolute Gasteiger partial charge is 0.265 e. The summed E-state index contributed by atoms with van der Waals surface area (Å²) in [6, 6.07) is 11.6. The first-order valence-corrected chi connectivity index (χ1v) is 18.4. The van der Waals surface area contributed by atoms with Gasteiger partial charge in [-0.1, -0.05) is 26.8 Å². The molecule has 47 heavy (non-hydrogen) atoms. The highest BCUT2D eigenvalue weighted by molar-refractivity contribution is 7.97. The number of anilines is 2. The predicted octanol–water partition coefficient (Wildman–Crippen LogP) is 7.53. The third-order valence-electron chi connectivity index (χ3n) is 11.7. The fourth-order valence-corrected chi connectivity index (χ4v) is 10.2. The Morgan fingerprint density at radius 1 is 1.04 bits per heavy atom. The van der Waals surface area contributed by atoms with Crippen molar-refractivity contribution in [3.63, 3.8) is 0 Å². The molecule has 2 atom stereocenters. The van der Waals surface area contributed by atoms with Crippen LogP contribution in [0, 0.1) is 34.0 Å². The number of aromatic nitrogens is 4. The van der Waals surface area contributed by atoms with E-state index in [2.05, 4.69) is 49.6 Å². The quantitative estimate of drug-likeness (QED) is 0.263. The van der Waals surface area contributed by atoms with E-state index in [1.165, 1.54) is 37.6 Å². The van der Waals surface area contributed by atoms with E-state index >= 15 is 0 Å². The minimum absolute atomic E-state index is 0.167. The summed E-state index contributed by atoms with van der Waals surface area (Å²) in [5.74, 6) is 4.49. The Hall–Kier alpha value is -3.27. The fourth-order valence-electron chi connectivity index (χ4n) is 9.56. The van der Waals surface area contributed by atoms with Crippen molar-refractivity contribution in [3.05, 3.63) is 48.2 Å². The monoisotopic (exact) mass is 655 g/mol. The summed E-state index contributed by atoms with van der Waals surface area (Å²) in [6.07, 6.45) is 12.0. The number of nitrogens with one attached hydrogen (secondary N) is 2. The molecule has 1 saturated heterocycles. The molecule has 3 aliphatic carbocycles. The van der Waals surface area contributed by atoms with Gasteiger partial charge in [0.05, 0.1) is 12.2 Å². The van der Waals surface area contributed by atoms with Crippen LogP contribution < -0.4 is 19.7 Å². The maximum atomic E-state index is 13.8. The number of carbonyl (C=O) groups is 1. The van der Waals surface area contributed by atoms with Gasteiger partial charge in [-0.2, -0.15) is 0 Å². The third kappa shape index (κ3) is 5.89. The molecule has 2 unspecified atom stereocenters. The van der Waals surface area contributed by atoms with Crippen LogP contribution in [0.2, 0.25) is 0 Å². The largest absolute Gasteiger partial charge is 0.477 e. The predicted molar refractivity (Wildman–Crippen MR) is 186 cm³/mol. The lowest BCUT2D eigenvalue weighted by Gasteiger charge is -2.34. The molecule has 250 valence electrons. The Morgan fingerprint density at radius 3 is 2.57 bits per heavy atom.